The number of hydrogen-bond donors (Lipinski definition) is 0. The molecule has 0 bridgehead atoms. The van der Waals surface area contributed by atoms with E-state index in [1.807, 2.05) is 0 Å². The lowest BCUT2D eigenvalue weighted by Crippen LogP contribution is -1.98. The molecule has 4 heteroatoms. The quantitative estimate of drug-likeness (QED) is 0.171. The van der Waals surface area contributed by atoms with Crippen LogP contribution < -0.4 is 0 Å². The number of benzene rings is 9. The number of nitrogens with zero attached hydrogens (tertiary/aromatic N) is 4. The van der Waals surface area contributed by atoms with Gasteiger partial charge in [0.15, 0.2) is 0 Å². The molecule has 0 radical (unpaired) electrons. The molecule has 0 atom stereocenters. The van der Waals surface area contributed by atoms with Crippen LogP contribution in [0.1, 0.15) is 0 Å². The van der Waals surface area contributed by atoms with Crippen LogP contribution in [0.2, 0.25) is 0 Å². The van der Waals surface area contributed by atoms with Crippen LogP contribution in [0.15, 0.2) is 206 Å². The van der Waals surface area contributed by atoms with Gasteiger partial charge in [-0.15, -0.1) is 0 Å². The lowest BCUT2D eigenvalue weighted by Gasteiger charge is -2.13. The lowest BCUT2D eigenvalue weighted by molar-refractivity contribution is 1.15. The van der Waals surface area contributed by atoms with Crippen molar-refractivity contribution < 1.29 is 0 Å². The highest BCUT2D eigenvalue weighted by Crippen LogP contribution is 2.42. The summed E-state index contributed by atoms with van der Waals surface area (Å²) < 4.78 is 9.75. The Balaban J connectivity index is 1.08. The summed E-state index contributed by atoms with van der Waals surface area (Å²) in [6.07, 6.45) is 0. The van der Waals surface area contributed by atoms with Crippen LogP contribution in [0.5, 0.6) is 0 Å². The van der Waals surface area contributed by atoms with Crippen molar-refractivity contribution in [3.8, 4) is 22.7 Å². The SMILES string of the molecule is c1ccc(-n2c3ccccc3c3cc(-n4c5ccccc5c5ccc(-n6c7ccccc7c7c(-n8c9ccccc9c9ccccc98)cccc76)cc54)ccc32)cc1. The first-order valence-corrected chi connectivity index (χ1v) is 20.0. The fourth-order valence-corrected chi connectivity index (χ4v) is 9.98. The minimum absolute atomic E-state index is 1.13. The molecule has 13 rings (SSSR count). The predicted octanol–water partition coefficient (Wildman–Crippen LogP) is 14.1. The van der Waals surface area contributed by atoms with Crippen molar-refractivity contribution in [1.82, 2.24) is 18.3 Å². The van der Waals surface area contributed by atoms with Gasteiger partial charge in [0, 0.05) is 60.2 Å². The Hall–Kier alpha value is -7.82. The van der Waals surface area contributed by atoms with E-state index in [2.05, 4.69) is 225 Å². The van der Waals surface area contributed by atoms with Gasteiger partial charge in [-0.1, -0.05) is 121 Å². The summed E-state index contributed by atoms with van der Waals surface area (Å²) in [6, 6.07) is 75.5. The van der Waals surface area contributed by atoms with E-state index in [0.717, 1.165) is 17.1 Å². The average Bonchev–Trinajstić information content (AvgIpc) is 4.01. The molecule has 58 heavy (non-hydrogen) atoms. The Bertz CT molecular complexity index is 3740. The van der Waals surface area contributed by atoms with Gasteiger partial charge < -0.3 is 18.3 Å². The zero-order chi connectivity index (χ0) is 37.9. The minimum atomic E-state index is 1.13. The van der Waals surface area contributed by atoms with Gasteiger partial charge in [0.25, 0.3) is 0 Å². The molecule has 0 N–H and O–H groups in total. The first kappa shape index (κ1) is 31.4. The summed E-state index contributed by atoms with van der Waals surface area (Å²) in [5, 5.41) is 9.96. The van der Waals surface area contributed by atoms with Gasteiger partial charge in [0.1, 0.15) is 0 Å². The monoisotopic (exact) mass is 738 g/mol. The fraction of sp³-hybridized carbons (Fsp3) is 0. The van der Waals surface area contributed by atoms with Crippen LogP contribution in [0.25, 0.3) is 110 Å². The zero-order valence-corrected chi connectivity index (χ0v) is 31.4. The molecule has 4 nitrogen and oxygen atoms in total. The average molecular weight is 739 g/mol. The fourth-order valence-electron chi connectivity index (χ4n) is 9.98. The summed E-state index contributed by atoms with van der Waals surface area (Å²) in [7, 11) is 0. The third kappa shape index (κ3) is 4.23. The highest BCUT2D eigenvalue weighted by atomic mass is 15.0. The van der Waals surface area contributed by atoms with Gasteiger partial charge in [-0.3, -0.25) is 0 Å². The molecule has 0 aliphatic carbocycles. The van der Waals surface area contributed by atoms with E-state index >= 15 is 0 Å². The Labute approximate surface area is 333 Å². The second-order valence-electron chi connectivity index (χ2n) is 15.3. The van der Waals surface area contributed by atoms with E-state index in [-0.39, 0.29) is 0 Å². The van der Waals surface area contributed by atoms with Crippen molar-refractivity contribution >= 4 is 87.2 Å². The molecule has 0 amide bonds. The van der Waals surface area contributed by atoms with Crippen molar-refractivity contribution in [2.24, 2.45) is 0 Å². The summed E-state index contributed by atoms with van der Waals surface area (Å²) in [6.45, 7) is 0. The van der Waals surface area contributed by atoms with E-state index in [1.54, 1.807) is 0 Å². The second-order valence-corrected chi connectivity index (χ2v) is 15.3. The summed E-state index contributed by atoms with van der Waals surface area (Å²) >= 11 is 0. The highest BCUT2D eigenvalue weighted by molar-refractivity contribution is 6.17. The van der Waals surface area contributed by atoms with Crippen LogP contribution in [0, 0.1) is 0 Å². The molecule has 0 aliphatic rings. The number of rotatable bonds is 4. The lowest BCUT2D eigenvalue weighted by atomic mass is 10.1. The van der Waals surface area contributed by atoms with Gasteiger partial charge in [-0.2, -0.15) is 0 Å². The molecule has 13 aromatic rings. The minimum Gasteiger partial charge on any atom is -0.309 e. The van der Waals surface area contributed by atoms with Crippen LogP contribution in [-0.2, 0) is 0 Å². The van der Waals surface area contributed by atoms with Crippen LogP contribution >= 0.6 is 0 Å². The smallest absolute Gasteiger partial charge is 0.0562 e. The first-order valence-electron chi connectivity index (χ1n) is 20.0. The van der Waals surface area contributed by atoms with Crippen molar-refractivity contribution in [2.45, 2.75) is 0 Å². The number of fused-ring (bicyclic) bond motifs is 12. The molecule has 270 valence electrons. The molecule has 0 aliphatic heterocycles. The largest absolute Gasteiger partial charge is 0.309 e. The molecule has 9 aromatic carbocycles. The normalized spacial score (nSPS) is 12.1. The zero-order valence-electron chi connectivity index (χ0n) is 31.4. The van der Waals surface area contributed by atoms with Crippen LogP contribution in [0.4, 0.5) is 0 Å². The standard InChI is InChI=1S/C54H34N4/c1-2-15-35(16-3-1)55-46-23-10-7-20-41(46)44-33-36(30-32-50(44)55)57-45-22-9-4-19-40(45)42-31-29-37(34-53(42)57)56-49-26-13-8-21-43(49)54-51(56)27-14-28-52(54)58-47-24-11-5-17-38(47)39-18-6-12-25-48(39)58/h1-34H. The highest BCUT2D eigenvalue weighted by Gasteiger charge is 2.21. The Kier molecular flexibility index (Phi) is 6.41. The molecular formula is C54H34N4. The van der Waals surface area contributed by atoms with Crippen molar-refractivity contribution in [3.63, 3.8) is 0 Å². The predicted molar refractivity (Wildman–Crippen MR) is 244 cm³/mol. The number of hydrogen-bond acceptors (Lipinski definition) is 0. The number of aromatic nitrogens is 4. The molecule has 0 spiro atoms. The second kappa shape index (κ2) is 11.8. The van der Waals surface area contributed by atoms with Crippen molar-refractivity contribution in [2.75, 3.05) is 0 Å². The molecule has 0 fully saturated rings. The van der Waals surface area contributed by atoms with Crippen LogP contribution in [0.3, 0.4) is 0 Å². The van der Waals surface area contributed by atoms with Gasteiger partial charge in [-0.25, -0.2) is 0 Å². The van der Waals surface area contributed by atoms with E-state index in [1.165, 1.54) is 92.9 Å². The Morgan fingerprint density at radius 1 is 0.207 bits per heavy atom. The third-order valence-corrected chi connectivity index (χ3v) is 12.3. The van der Waals surface area contributed by atoms with Crippen molar-refractivity contribution in [1.29, 1.82) is 0 Å². The topological polar surface area (TPSA) is 19.7 Å². The maximum absolute atomic E-state index is 2.46. The molecule has 0 saturated heterocycles. The molecule has 4 aromatic heterocycles. The van der Waals surface area contributed by atoms with E-state index < -0.39 is 0 Å². The van der Waals surface area contributed by atoms with Gasteiger partial charge in [-0.05, 0) is 84.9 Å². The summed E-state index contributed by atoms with van der Waals surface area (Å²) in [5.74, 6) is 0. The van der Waals surface area contributed by atoms with E-state index in [0.29, 0.717) is 0 Å². The maximum Gasteiger partial charge on any atom is 0.0562 e. The Morgan fingerprint density at radius 2 is 0.621 bits per heavy atom. The summed E-state index contributed by atoms with van der Waals surface area (Å²) in [5.41, 5.74) is 14.2. The number of para-hydroxylation sites is 6. The first-order chi connectivity index (χ1) is 28.8. The summed E-state index contributed by atoms with van der Waals surface area (Å²) in [4.78, 5) is 0. The molecular weight excluding hydrogens is 705 g/mol. The van der Waals surface area contributed by atoms with Gasteiger partial charge in [0.05, 0.1) is 49.8 Å². The molecule has 0 saturated carbocycles. The van der Waals surface area contributed by atoms with Gasteiger partial charge >= 0.3 is 0 Å². The maximum atomic E-state index is 2.46. The third-order valence-electron chi connectivity index (χ3n) is 12.3. The van der Waals surface area contributed by atoms with Crippen LogP contribution in [-0.4, -0.2) is 18.3 Å². The van der Waals surface area contributed by atoms with E-state index in [4.69, 9.17) is 0 Å². The van der Waals surface area contributed by atoms with Crippen molar-refractivity contribution in [3.05, 3.63) is 206 Å². The van der Waals surface area contributed by atoms with Gasteiger partial charge in [0.2, 0.25) is 0 Å². The van der Waals surface area contributed by atoms with E-state index in [9.17, 15) is 0 Å². The molecule has 0 unspecified atom stereocenters. The Morgan fingerprint density at radius 3 is 1.26 bits per heavy atom. The molecule has 4 heterocycles.